The molecular weight excluding hydrogens is 408 g/mol. The van der Waals surface area contributed by atoms with E-state index in [-0.39, 0.29) is 17.9 Å². The van der Waals surface area contributed by atoms with Gasteiger partial charge in [0.15, 0.2) is 0 Å². The van der Waals surface area contributed by atoms with E-state index in [2.05, 4.69) is 4.98 Å². The zero-order valence-electron chi connectivity index (χ0n) is 17.7. The van der Waals surface area contributed by atoms with Crippen molar-refractivity contribution in [3.8, 4) is 11.5 Å². The van der Waals surface area contributed by atoms with Gasteiger partial charge in [0.2, 0.25) is 0 Å². The van der Waals surface area contributed by atoms with Crippen LogP contribution in [-0.2, 0) is 16.1 Å². The molecule has 0 bridgehead atoms. The van der Waals surface area contributed by atoms with Gasteiger partial charge in [-0.25, -0.2) is 0 Å². The Morgan fingerprint density at radius 2 is 1.78 bits per heavy atom. The lowest BCUT2D eigenvalue weighted by Gasteiger charge is -2.25. The van der Waals surface area contributed by atoms with Crippen LogP contribution < -0.4 is 9.47 Å². The molecule has 1 aliphatic rings. The van der Waals surface area contributed by atoms with Gasteiger partial charge < -0.3 is 19.5 Å². The molecule has 3 aromatic rings. The van der Waals surface area contributed by atoms with Gasteiger partial charge >= 0.3 is 0 Å². The van der Waals surface area contributed by atoms with Gasteiger partial charge in [-0.05, 0) is 42.0 Å². The molecule has 7 heteroatoms. The van der Waals surface area contributed by atoms with Crippen molar-refractivity contribution in [1.82, 2.24) is 9.88 Å². The van der Waals surface area contributed by atoms with Crippen LogP contribution >= 0.6 is 0 Å². The molecule has 32 heavy (non-hydrogen) atoms. The van der Waals surface area contributed by atoms with Crippen molar-refractivity contribution >= 4 is 17.4 Å². The smallest absolute Gasteiger partial charge is 0.296 e. The quantitative estimate of drug-likeness (QED) is 0.364. The Balaban J connectivity index is 1.90. The number of carbonyl (C=O) groups is 2. The maximum Gasteiger partial charge on any atom is 0.296 e. The van der Waals surface area contributed by atoms with Crippen molar-refractivity contribution in [1.29, 1.82) is 0 Å². The van der Waals surface area contributed by atoms with Gasteiger partial charge in [0.1, 0.15) is 17.3 Å². The normalized spacial score (nSPS) is 17.4. The minimum Gasteiger partial charge on any atom is -0.507 e. The highest BCUT2D eigenvalue weighted by Crippen LogP contribution is 2.42. The Morgan fingerprint density at radius 3 is 2.50 bits per heavy atom. The molecule has 0 aliphatic carbocycles. The molecule has 1 N–H and O–H groups in total. The number of hydrogen-bond acceptors (Lipinski definition) is 6. The van der Waals surface area contributed by atoms with Gasteiger partial charge in [-0.3, -0.25) is 14.6 Å². The maximum absolute atomic E-state index is 13.2. The van der Waals surface area contributed by atoms with Gasteiger partial charge in [0.05, 0.1) is 43.6 Å². The van der Waals surface area contributed by atoms with Gasteiger partial charge in [-0.15, -0.1) is 0 Å². The molecule has 1 saturated heterocycles. The number of hydrogen-bond donors (Lipinski definition) is 1. The van der Waals surface area contributed by atoms with Crippen molar-refractivity contribution in [2.75, 3.05) is 14.2 Å². The monoisotopic (exact) mass is 430 g/mol. The summed E-state index contributed by atoms with van der Waals surface area (Å²) in [6.07, 6.45) is 1.63. The van der Waals surface area contributed by atoms with Gasteiger partial charge in [-0.1, -0.05) is 30.3 Å². The predicted molar refractivity (Wildman–Crippen MR) is 118 cm³/mol. The molecule has 0 saturated carbocycles. The van der Waals surface area contributed by atoms with Crippen LogP contribution in [0.15, 0.2) is 78.5 Å². The van der Waals surface area contributed by atoms with Crippen LogP contribution in [0, 0.1) is 0 Å². The first-order chi connectivity index (χ1) is 15.5. The summed E-state index contributed by atoms with van der Waals surface area (Å²) in [4.78, 5) is 32.0. The largest absolute Gasteiger partial charge is 0.507 e. The Hall–Kier alpha value is -4.13. The Morgan fingerprint density at radius 1 is 1.00 bits per heavy atom. The van der Waals surface area contributed by atoms with E-state index in [0.29, 0.717) is 28.3 Å². The van der Waals surface area contributed by atoms with E-state index < -0.39 is 17.7 Å². The molecule has 1 atom stereocenters. The lowest BCUT2D eigenvalue weighted by Crippen LogP contribution is -2.29. The van der Waals surface area contributed by atoms with Crippen LogP contribution in [-0.4, -0.2) is 40.9 Å². The van der Waals surface area contributed by atoms with E-state index in [9.17, 15) is 14.7 Å². The number of aromatic nitrogens is 1. The number of para-hydroxylation sites is 1. The van der Waals surface area contributed by atoms with Crippen LogP contribution in [0.25, 0.3) is 5.76 Å². The second-order valence-electron chi connectivity index (χ2n) is 7.22. The van der Waals surface area contributed by atoms with Crippen LogP contribution in [0.5, 0.6) is 11.5 Å². The Bertz CT molecular complexity index is 1190. The number of pyridine rings is 1. The lowest BCUT2D eigenvalue weighted by molar-refractivity contribution is -0.140. The summed E-state index contributed by atoms with van der Waals surface area (Å²) >= 11 is 0. The molecule has 0 radical (unpaired) electrons. The van der Waals surface area contributed by atoms with Crippen LogP contribution in [0.4, 0.5) is 0 Å². The highest BCUT2D eigenvalue weighted by atomic mass is 16.5. The molecule has 4 rings (SSSR count). The summed E-state index contributed by atoms with van der Waals surface area (Å²) in [5.41, 5.74) is 1.58. The highest BCUT2D eigenvalue weighted by Gasteiger charge is 2.46. The van der Waals surface area contributed by atoms with Gasteiger partial charge in [0.25, 0.3) is 11.7 Å². The summed E-state index contributed by atoms with van der Waals surface area (Å²) in [6, 6.07) is 18.4. The Labute approximate surface area is 185 Å². The summed E-state index contributed by atoms with van der Waals surface area (Å²) in [5.74, 6) is -0.803. The number of benzene rings is 2. The number of aliphatic hydroxyl groups excluding tert-OH is 1. The van der Waals surface area contributed by atoms with E-state index in [4.69, 9.17) is 9.47 Å². The average molecular weight is 430 g/mol. The number of amides is 1. The number of ether oxygens (including phenoxy) is 2. The van der Waals surface area contributed by atoms with Crippen LogP contribution in [0.1, 0.15) is 22.9 Å². The molecule has 1 aliphatic heterocycles. The number of methoxy groups -OCH3 is 2. The van der Waals surface area contributed by atoms with Gasteiger partial charge in [-0.2, -0.15) is 0 Å². The van der Waals surface area contributed by atoms with Crippen molar-refractivity contribution in [3.05, 3.63) is 95.3 Å². The standard InChI is InChI=1S/C25H22N2O5/c1-31-18-10-7-8-16(14-18)22-21(23(28)19-11-3-4-12-20(19)32-2)24(29)25(30)27(22)15-17-9-5-6-13-26-17/h3-14,22,28H,15H2,1-2H3/b23-21-. The molecule has 0 spiro atoms. The number of carbonyl (C=O) groups excluding carboxylic acids is 2. The summed E-state index contributed by atoms with van der Waals surface area (Å²) in [7, 11) is 3.02. The van der Waals surface area contributed by atoms with E-state index in [0.717, 1.165) is 0 Å². The minimum absolute atomic E-state index is 0.0105. The number of likely N-dealkylation sites (tertiary alicyclic amines) is 1. The first-order valence-electron chi connectivity index (χ1n) is 10.0. The molecule has 1 fully saturated rings. The topological polar surface area (TPSA) is 89.0 Å². The Kier molecular flexibility index (Phi) is 5.89. The second kappa shape index (κ2) is 8.93. The molecule has 2 heterocycles. The minimum atomic E-state index is -0.822. The third-order valence-electron chi connectivity index (χ3n) is 5.37. The number of Topliss-reactive ketones (excluding diaryl/α,β-unsaturated/α-hetero) is 1. The number of rotatable bonds is 6. The van der Waals surface area contributed by atoms with Crippen LogP contribution in [0.3, 0.4) is 0 Å². The lowest BCUT2D eigenvalue weighted by atomic mass is 9.94. The zero-order valence-corrected chi connectivity index (χ0v) is 17.7. The predicted octanol–water partition coefficient (Wildman–Crippen LogP) is 3.72. The fraction of sp³-hybridized carbons (Fsp3) is 0.160. The van der Waals surface area contributed by atoms with Crippen molar-refractivity contribution in [3.63, 3.8) is 0 Å². The summed E-state index contributed by atoms with van der Waals surface area (Å²) in [6.45, 7) is 0.107. The fourth-order valence-electron chi connectivity index (χ4n) is 3.85. The number of ketones is 1. The summed E-state index contributed by atoms with van der Waals surface area (Å²) in [5, 5.41) is 11.2. The highest BCUT2D eigenvalue weighted by molar-refractivity contribution is 6.46. The first-order valence-corrected chi connectivity index (χ1v) is 10.0. The third-order valence-corrected chi connectivity index (χ3v) is 5.37. The van der Waals surface area contributed by atoms with E-state index in [1.165, 1.54) is 12.0 Å². The molecule has 162 valence electrons. The molecule has 1 unspecified atom stereocenters. The fourth-order valence-corrected chi connectivity index (χ4v) is 3.85. The molecule has 1 amide bonds. The van der Waals surface area contributed by atoms with Crippen molar-refractivity contribution in [2.24, 2.45) is 0 Å². The van der Waals surface area contributed by atoms with E-state index in [1.54, 1.807) is 74.0 Å². The first kappa shape index (κ1) is 21.1. The molecule has 2 aromatic carbocycles. The van der Waals surface area contributed by atoms with Crippen molar-refractivity contribution < 1.29 is 24.2 Å². The summed E-state index contributed by atoms with van der Waals surface area (Å²) < 4.78 is 10.7. The van der Waals surface area contributed by atoms with E-state index >= 15 is 0 Å². The number of nitrogens with zero attached hydrogens (tertiary/aromatic N) is 2. The second-order valence-corrected chi connectivity index (χ2v) is 7.22. The maximum atomic E-state index is 13.2. The molecule has 1 aromatic heterocycles. The van der Waals surface area contributed by atoms with Gasteiger partial charge in [0, 0.05) is 6.20 Å². The zero-order chi connectivity index (χ0) is 22.7. The molecule has 7 nitrogen and oxygen atoms in total. The van der Waals surface area contributed by atoms with Crippen molar-refractivity contribution in [2.45, 2.75) is 12.6 Å². The third kappa shape index (κ3) is 3.80. The number of aliphatic hydroxyl groups is 1. The van der Waals surface area contributed by atoms with Crippen LogP contribution in [0.2, 0.25) is 0 Å². The van der Waals surface area contributed by atoms with E-state index in [1.807, 2.05) is 6.07 Å². The molecular formula is C25H22N2O5. The SMILES string of the molecule is COc1cccc(C2/C(=C(/O)c3ccccc3OC)C(=O)C(=O)N2Cc2ccccn2)c1. The average Bonchev–Trinajstić information content (AvgIpc) is 3.09.